The van der Waals surface area contributed by atoms with E-state index < -0.39 is 0 Å². The molecule has 0 fully saturated rings. The molecule has 0 radical (unpaired) electrons. The summed E-state index contributed by atoms with van der Waals surface area (Å²) in [7, 11) is 1.99. The number of ether oxygens (including phenoxy) is 3. The largest absolute Gasteiger partial charge is 0.465 e. The Kier molecular flexibility index (Phi) is 81.1. The molecule has 0 amide bonds. The third kappa shape index (κ3) is 70.7. The van der Waals surface area contributed by atoms with Crippen molar-refractivity contribution in [2.24, 2.45) is 11.8 Å². The zero-order chi connectivity index (χ0) is 74.9. The Morgan fingerprint density at radius 2 is 0.553 bits per heavy atom. The van der Waals surface area contributed by atoms with Crippen LogP contribution in [0.1, 0.15) is 459 Å². The van der Waals surface area contributed by atoms with Crippen molar-refractivity contribution in [1.29, 1.82) is 0 Å². The summed E-state index contributed by atoms with van der Waals surface area (Å²) in [5.74, 6) is 0.0864. The van der Waals surface area contributed by atoms with Crippen LogP contribution in [0.4, 0.5) is 0 Å². The van der Waals surface area contributed by atoms with Gasteiger partial charge in [-0.05, 0) is 181 Å². The molecule has 606 valence electrons. The SMILES string of the molecule is CCCCC/C=C/C/C=C/CCCCCCCCC(CCCCCCCC/C=C/C/C=C/CCCCC)OC(=O)C(CCCCN(CCCCCCOC(=O)C(CCCCCCCC)CCCCCCCC)CCCCCCOC(=O)C(CCCCCCCC)CCCCCCCC)N(C)CCO. The molecule has 0 bridgehead atoms. The van der Waals surface area contributed by atoms with Gasteiger partial charge in [-0.3, -0.25) is 19.3 Å². The minimum Gasteiger partial charge on any atom is -0.465 e. The Balaban J connectivity index is 5.89. The Labute approximate surface area is 642 Å². The van der Waals surface area contributed by atoms with Gasteiger partial charge < -0.3 is 24.2 Å². The van der Waals surface area contributed by atoms with Crippen molar-refractivity contribution in [2.45, 2.75) is 471 Å². The van der Waals surface area contributed by atoms with E-state index in [1.54, 1.807) is 0 Å². The van der Waals surface area contributed by atoms with Crippen molar-refractivity contribution >= 4 is 17.9 Å². The smallest absolute Gasteiger partial charge is 0.323 e. The molecular weight excluding hydrogens is 1270 g/mol. The molecule has 0 saturated carbocycles. The van der Waals surface area contributed by atoms with Gasteiger partial charge in [-0.2, -0.15) is 0 Å². The van der Waals surface area contributed by atoms with E-state index in [0.29, 0.717) is 19.8 Å². The zero-order valence-corrected chi connectivity index (χ0v) is 70.1. The number of aliphatic hydroxyl groups is 1. The average molecular weight is 1450 g/mol. The first-order valence-corrected chi connectivity index (χ1v) is 45.9. The first-order chi connectivity index (χ1) is 50.7. The summed E-state index contributed by atoms with van der Waals surface area (Å²) in [6.45, 7) is 18.2. The molecule has 9 nitrogen and oxygen atoms in total. The number of carbonyl (C=O) groups excluding carboxylic acids is 3. The second-order valence-corrected chi connectivity index (χ2v) is 31.6. The maximum Gasteiger partial charge on any atom is 0.323 e. The van der Waals surface area contributed by atoms with Crippen LogP contribution in [-0.2, 0) is 28.6 Å². The molecule has 9 heteroatoms. The predicted molar refractivity (Wildman–Crippen MR) is 449 cm³/mol. The fourth-order valence-electron chi connectivity index (χ4n) is 14.7. The minimum atomic E-state index is -0.374. The summed E-state index contributed by atoms with van der Waals surface area (Å²) in [4.78, 5) is 46.2. The monoisotopic (exact) mass is 1450 g/mol. The number of esters is 3. The molecule has 1 atom stereocenters. The lowest BCUT2D eigenvalue weighted by atomic mass is 9.94. The standard InChI is InChI=1S/C94H178N2O7/c1-8-14-20-26-32-34-36-38-40-42-44-46-48-50-56-66-78-90(79-67-57-51-49-47-45-43-41-39-37-35-33-27-21-15-9-2)103-94(100)91(95(7)84-85-97)80-68-71-83-96(81-69-58-60-72-86-101-92(98)88(74-62-52-28-22-16-10-3)75-63-53-29-23-17-11-4)82-70-59-61-73-87-102-93(99)89(76-64-54-30-24-18-12-5)77-65-55-31-25-19-13-6/h32-35,38-41,88-91,97H,8-31,36-37,42-87H2,1-7H3/b34-32+,35-33+,40-38+,41-39+. The lowest BCUT2D eigenvalue weighted by Gasteiger charge is -2.29. The summed E-state index contributed by atoms with van der Waals surface area (Å²) in [6, 6.07) is -0.374. The summed E-state index contributed by atoms with van der Waals surface area (Å²) >= 11 is 0. The van der Waals surface area contributed by atoms with Crippen molar-refractivity contribution in [3.05, 3.63) is 48.6 Å². The second kappa shape index (κ2) is 83.3. The van der Waals surface area contributed by atoms with E-state index in [1.165, 1.54) is 257 Å². The number of likely N-dealkylation sites (N-methyl/N-ethyl adjacent to an activating group) is 1. The fraction of sp³-hybridized carbons (Fsp3) is 0.883. The van der Waals surface area contributed by atoms with Gasteiger partial charge in [0.2, 0.25) is 0 Å². The zero-order valence-electron chi connectivity index (χ0n) is 70.1. The molecular formula is C94H178N2O7. The van der Waals surface area contributed by atoms with Gasteiger partial charge in [-0.15, -0.1) is 0 Å². The van der Waals surface area contributed by atoms with Crippen molar-refractivity contribution in [1.82, 2.24) is 9.80 Å². The van der Waals surface area contributed by atoms with E-state index in [-0.39, 0.29) is 48.5 Å². The van der Waals surface area contributed by atoms with E-state index in [9.17, 15) is 19.5 Å². The number of aliphatic hydroxyl groups excluding tert-OH is 1. The topological polar surface area (TPSA) is 106 Å². The van der Waals surface area contributed by atoms with E-state index in [1.807, 2.05) is 11.9 Å². The summed E-state index contributed by atoms with van der Waals surface area (Å²) in [5.41, 5.74) is 0. The van der Waals surface area contributed by atoms with E-state index >= 15 is 0 Å². The quantitative estimate of drug-likeness (QED) is 0.0276. The maximum atomic E-state index is 14.5. The molecule has 0 spiro atoms. The summed E-state index contributed by atoms with van der Waals surface area (Å²) in [5, 5.41) is 10.2. The summed E-state index contributed by atoms with van der Waals surface area (Å²) < 4.78 is 18.7. The molecule has 0 aromatic rings. The number of hydrogen-bond acceptors (Lipinski definition) is 9. The molecule has 0 rings (SSSR count). The number of rotatable bonds is 84. The Hall–Kier alpha value is -2.75. The number of carbonyl (C=O) groups is 3. The highest BCUT2D eigenvalue weighted by atomic mass is 16.5. The summed E-state index contributed by atoms with van der Waals surface area (Å²) in [6.07, 6.45) is 94.8. The Morgan fingerprint density at radius 1 is 0.291 bits per heavy atom. The van der Waals surface area contributed by atoms with E-state index in [2.05, 4.69) is 95.1 Å². The first kappa shape index (κ1) is 100. The Bertz CT molecular complexity index is 1720. The molecule has 0 saturated heterocycles. The van der Waals surface area contributed by atoms with Crippen LogP contribution in [0, 0.1) is 11.8 Å². The van der Waals surface area contributed by atoms with Crippen molar-refractivity contribution in [2.75, 3.05) is 53.0 Å². The van der Waals surface area contributed by atoms with Gasteiger partial charge in [-0.25, -0.2) is 0 Å². The van der Waals surface area contributed by atoms with Crippen molar-refractivity contribution in [3.8, 4) is 0 Å². The van der Waals surface area contributed by atoms with E-state index in [4.69, 9.17) is 14.2 Å². The van der Waals surface area contributed by atoms with Gasteiger partial charge in [0.25, 0.3) is 0 Å². The third-order valence-electron chi connectivity index (χ3n) is 21.7. The molecule has 0 heterocycles. The van der Waals surface area contributed by atoms with Crippen LogP contribution < -0.4 is 0 Å². The highest BCUT2D eigenvalue weighted by Gasteiger charge is 2.27. The van der Waals surface area contributed by atoms with Crippen LogP contribution >= 0.6 is 0 Å². The molecule has 1 N–H and O–H groups in total. The van der Waals surface area contributed by atoms with Crippen LogP contribution in [-0.4, -0.2) is 98.0 Å². The van der Waals surface area contributed by atoms with Gasteiger partial charge >= 0.3 is 17.9 Å². The predicted octanol–water partition coefficient (Wildman–Crippen LogP) is 28.5. The molecule has 0 aliphatic rings. The van der Waals surface area contributed by atoms with Crippen LogP contribution in [0.5, 0.6) is 0 Å². The van der Waals surface area contributed by atoms with Crippen LogP contribution in [0.15, 0.2) is 48.6 Å². The molecule has 0 aromatic heterocycles. The van der Waals surface area contributed by atoms with Gasteiger partial charge in [0.1, 0.15) is 12.1 Å². The number of allylic oxidation sites excluding steroid dienone is 8. The Morgan fingerprint density at radius 3 is 0.893 bits per heavy atom. The van der Waals surface area contributed by atoms with Gasteiger partial charge in [0, 0.05) is 6.54 Å². The van der Waals surface area contributed by atoms with Crippen LogP contribution in [0.2, 0.25) is 0 Å². The highest BCUT2D eigenvalue weighted by Crippen LogP contribution is 2.25. The third-order valence-corrected chi connectivity index (χ3v) is 21.7. The molecule has 0 aliphatic carbocycles. The average Bonchev–Trinajstić information content (AvgIpc) is 0.976. The molecule has 0 aliphatic heterocycles. The van der Waals surface area contributed by atoms with Crippen molar-refractivity contribution in [3.63, 3.8) is 0 Å². The molecule has 0 aromatic carbocycles. The molecule has 1 unspecified atom stereocenters. The number of unbranched alkanes of at least 4 members (excludes halogenated alkanes) is 45. The first-order valence-electron chi connectivity index (χ1n) is 45.9. The van der Waals surface area contributed by atoms with Crippen molar-refractivity contribution < 1.29 is 33.7 Å². The number of hydrogen-bond donors (Lipinski definition) is 1. The fourth-order valence-corrected chi connectivity index (χ4v) is 14.7. The molecule has 103 heavy (non-hydrogen) atoms. The normalized spacial score (nSPS) is 12.5. The van der Waals surface area contributed by atoms with Crippen LogP contribution in [0.25, 0.3) is 0 Å². The van der Waals surface area contributed by atoms with E-state index in [0.717, 1.165) is 180 Å². The van der Waals surface area contributed by atoms with Gasteiger partial charge in [0.05, 0.1) is 31.7 Å². The highest BCUT2D eigenvalue weighted by molar-refractivity contribution is 5.76. The lowest BCUT2D eigenvalue weighted by molar-refractivity contribution is -0.156. The minimum absolute atomic E-state index is 0.0139. The lowest BCUT2D eigenvalue weighted by Crippen LogP contribution is -2.42. The second-order valence-electron chi connectivity index (χ2n) is 31.6. The maximum absolute atomic E-state index is 14.5. The van der Waals surface area contributed by atoms with Gasteiger partial charge in [-0.1, -0.05) is 353 Å². The van der Waals surface area contributed by atoms with Crippen LogP contribution in [0.3, 0.4) is 0 Å². The number of nitrogens with zero attached hydrogens (tertiary/aromatic N) is 2. The van der Waals surface area contributed by atoms with Gasteiger partial charge in [0.15, 0.2) is 0 Å².